The smallest absolute Gasteiger partial charge is 0.300 e. The topological polar surface area (TPSA) is 106 Å². The van der Waals surface area contributed by atoms with Crippen molar-refractivity contribution in [2.75, 3.05) is 25.2 Å². The van der Waals surface area contributed by atoms with E-state index in [2.05, 4.69) is 0 Å². The molecule has 1 atom stereocenters. The second-order valence-electron chi connectivity index (χ2n) is 8.23. The van der Waals surface area contributed by atoms with Crippen LogP contribution in [0.15, 0.2) is 60.2 Å². The van der Waals surface area contributed by atoms with Gasteiger partial charge < -0.3 is 24.4 Å². The van der Waals surface area contributed by atoms with Crippen LogP contribution in [-0.4, -0.2) is 42.2 Å². The van der Waals surface area contributed by atoms with E-state index >= 15 is 0 Å². The van der Waals surface area contributed by atoms with Crippen LogP contribution in [-0.2, 0) is 9.59 Å². The van der Waals surface area contributed by atoms with Gasteiger partial charge in [-0.3, -0.25) is 14.5 Å². The van der Waals surface area contributed by atoms with Gasteiger partial charge in [-0.2, -0.15) is 0 Å². The van der Waals surface area contributed by atoms with Crippen molar-refractivity contribution in [1.29, 1.82) is 0 Å². The largest absolute Gasteiger partial charge is 0.507 e. The number of carbonyl (C=O) groups is 2. The van der Waals surface area contributed by atoms with Crippen molar-refractivity contribution >= 4 is 46.3 Å². The summed E-state index contributed by atoms with van der Waals surface area (Å²) < 4.78 is 16.3. The first-order chi connectivity index (χ1) is 18.2. The lowest BCUT2D eigenvalue weighted by atomic mass is 9.94. The molecule has 0 bridgehead atoms. The molecule has 3 aromatic carbocycles. The van der Waals surface area contributed by atoms with E-state index in [-0.39, 0.29) is 45.0 Å². The van der Waals surface area contributed by atoms with Crippen LogP contribution >= 0.6 is 23.2 Å². The average Bonchev–Trinajstić information content (AvgIpc) is 3.15. The van der Waals surface area contributed by atoms with E-state index in [1.807, 2.05) is 6.92 Å². The first-order valence-electron chi connectivity index (χ1n) is 11.7. The van der Waals surface area contributed by atoms with Gasteiger partial charge in [-0.1, -0.05) is 35.3 Å². The summed E-state index contributed by atoms with van der Waals surface area (Å²) in [5, 5.41) is 21.9. The number of benzene rings is 3. The number of hydrogen-bond donors (Lipinski definition) is 2. The molecular formula is C28H25Cl2NO7. The summed E-state index contributed by atoms with van der Waals surface area (Å²) in [5.74, 6) is -1.50. The Kier molecular flexibility index (Phi) is 8.04. The van der Waals surface area contributed by atoms with Crippen LogP contribution in [0.2, 0.25) is 10.0 Å². The monoisotopic (exact) mass is 557 g/mol. The number of ether oxygens (including phenoxy) is 3. The Morgan fingerprint density at radius 2 is 1.66 bits per heavy atom. The van der Waals surface area contributed by atoms with Crippen molar-refractivity contribution in [2.45, 2.75) is 19.9 Å². The first-order valence-corrected chi connectivity index (χ1v) is 12.5. The number of rotatable bonds is 8. The van der Waals surface area contributed by atoms with E-state index in [1.165, 1.54) is 36.3 Å². The standard InChI is InChI=1S/C28H25Cl2NO7/c1-4-37-18-8-6-7-17(14-18)31-24(15-9-10-21(32)22(13-15)38-5-2)23(26(34)28(31)35)25(33)16-11-19(29)27(36-3)20(30)12-16/h6-14,24,32-33H,4-5H2,1-3H3/b25-23+. The number of nitrogens with zero attached hydrogens (tertiary/aromatic N) is 1. The minimum atomic E-state index is -1.08. The third-order valence-electron chi connectivity index (χ3n) is 5.93. The normalized spacial score (nSPS) is 16.6. The van der Waals surface area contributed by atoms with Crippen LogP contribution in [0.3, 0.4) is 0 Å². The van der Waals surface area contributed by atoms with E-state index in [9.17, 15) is 19.8 Å². The number of phenolic OH excluding ortho intramolecular Hbond substituents is 1. The number of aliphatic hydroxyl groups is 1. The highest BCUT2D eigenvalue weighted by molar-refractivity contribution is 6.51. The molecule has 38 heavy (non-hydrogen) atoms. The second kappa shape index (κ2) is 11.2. The Morgan fingerprint density at radius 3 is 2.29 bits per heavy atom. The molecule has 1 unspecified atom stereocenters. The Bertz CT molecular complexity index is 1410. The molecule has 198 valence electrons. The number of ketones is 1. The zero-order valence-corrected chi connectivity index (χ0v) is 22.3. The molecule has 0 saturated carbocycles. The van der Waals surface area contributed by atoms with Crippen LogP contribution in [0, 0.1) is 0 Å². The minimum absolute atomic E-state index is 0.111. The van der Waals surface area contributed by atoms with Gasteiger partial charge in [0.1, 0.15) is 11.5 Å². The van der Waals surface area contributed by atoms with E-state index in [0.29, 0.717) is 23.6 Å². The van der Waals surface area contributed by atoms with Crippen LogP contribution in [0.25, 0.3) is 5.76 Å². The summed E-state index contributed by atoms with van der Waals surface area (Å²) in [6, 6.07) is 12.9. The van der Waals surface area contributed by atoms with Crippen LogP contribution in [0.1, 0.15) is 31.0 Å². The number of aliphatic hydroxyl groups excluding tert-OH is 1. The molecule has 4 rings (SSSR count). The Balaban J connectivity index is 1.97. The highest BCUT2D eigenvalue weighted by Gasteiger charge is 2.47. The Labute approximate surface area is 229 Å². The van der Waals surface area contributed by atoms with Gasteiger partial charge in [0.05, 0.1) is 42.0 Å². The molecule has 0 aromatic heterocycles. The maximum atomic E-state index is 13.5. The number of halogens is 2. The maximum absolute atomic E-state index is 13.5. The van der Waals surface area contributed by atoms with Gasteiger partial charge >= 0.3 is 0 Å². The van der Waals surface area contributed by atoms with Crippen molar-refractivity contribution < 1.29 is 34.0 Å². The Hall–Kier alpha value is -3.88. The second-order valence-corrected chi connectivity index (χ2v) is 9.05. The zero-order valence-electron chi connectivity index (χ0n) is 20.8. The number of Topliss-reactive ketones (excluding diaryl/α,β-unsaturated/α-hetero) is 1. The highest BCUT2D eigenvalue weighted by atomic mass is 35.5. The van der Waals surface area contributed by atoms with Gasteiger partial charge in [0, 0.05) is 17.3 Å². The number of aromatic hydroxyl groups is 1. The lowest BCUT2D eigenvalue weighted by molar-refractivity contribution is -0.132. The summed E-state index contributed by atoms with van der Waals surface area (Å²) in [5.41, 5.74) is 0.719. The Morgan fingerprint density at radius 1 is 0.974 bits per heavy atom. The third kappa shape index (κ3) is 4.97. The summed E-state index contributed by atoms with van der Waals surface area (Å²) in [6.07, 6.45) is 0. The molecular weight excluding hydrogens is 533 g/mol. The molecule has 1 heterocycles. The van der Waals surface area contributed by atoms with E-state index < -0.39 is 23.5 Å². The minimum Gasteiger partial charge on any atom is -0.507 e. The van der Waals surface area contributed by atoms with Crippen LogP contribution in [0.5, 0.6) is 23.0 Å². The number of hydrogen-bond acceptors (Lipinski definition) is 7. The fraction of sp³-hybridized carbons (Fsp3) is 0.214. The molecule has 8 nitrogen and oxygen atoms in total. The molecule has 1 saturated heterocycles. The number of methoxy groups -OCH3 is 1. The van der Waals surface area contributed by atoms with Crippen molar-refractivity contribution in [3.8, 4) is 23.0 Å². The molecule has 1 amide bonds. The number of phenols is 1. The lowest BCUT2D eigenvalue weighted by Crippen LogP contribution is -2.29. The fourth-order valence-electron chi connectivity index (χ4n) is 4.32. The van der Waals surface area contributed by atoms with Crippen molar-refractivity contribution in [3.05, 3.63) is 81.3 Å². The van der Waals surface area contributed by atoms with E-state index in [0.717, 1.165) is 0 Å². The van der Waals surface area contributed by atoms with Crippen LogP contribution in [0.4, 0.5) is 5.69 Å². The van der Waals surface area contributed by atoms with Gasteiger partial charge in [-0.15, -0.1) is 0 Å². The van der Waals surface area contributed by atoms with E-state index in [4.69, 9.17) is 37.4 Å². The van der Waals surface area contributed by atoms with Gasteiger partial charge in [0.2, 0.25) is 0 Å². The first kappa shape index (κ1) is 27.2. The van der Waals surface area contributed by atoms with Crippen molar-refractivity contribution in [2.24, 2.45) is 0 Å². The summed E-state index contributed by atoms with van der Waals surface area (Å²) in [4.78, 5) is 28.2. The lowest BCUT2D eigenvalue weighted by Gasteiger charge is -2.26. The number of amides is 1. The van der Waals surface area contributed by atoms with Crippen molar-refractivity contribution in [3.63, 3.8) is 0 Å². The predicted molar refractivity (Wildman–Crippen MR) is 145 cm³/mol. The summed E-state index contributed by atoms with van der Waals surface area (Å²) >= 11 is 12.6. The molecule has 0 spiro atoms. The maximum Gasteiger partial charge on any atom is 0.300 e. The van der Waals surface area contributed by atoms with Gasteiger partial charge in [-0.25, -0.2) is 0 Å². The van der Waals surface area contributed by atoms with Gasteiger partial charge in [0.25, 0.3) is 11.7 Å². The molecule has 0 radical (unpaired) electrons. The summed E-state index contributed by atoms with van der Waals surface area (Å²) in [7, 11) is 1.40. The quantitative estimate of drug-likeness (QED) is 0.195. The van der Waals surface area contributed by atoms with Gasteiger partial charge in [0.15, 0.2) is 17.2 Å². The highest BCUT2D eigenvalue weighted by Crippen LogP contribution is 2.45. The molecule has 2 N–H and O–H groups in total. The number of carbonyl (C=O) groups excluding carboxylic acids is 2. The van der Waals surface area contributed by atoms with Gasteiger partial charge in [-0.05, 0) is 55.8 Å². The van der Waals surface area contributed by atoms with Crippen molar-refractivity contribution in [1.82, 2.24) is 0 Å². The average molecular weight is 558 g/mol. The number of anilines is 1. The predicted octanol–water partition coefficient (Wildman–Crippen LogP) is 6.13. The SMILES string of the molecule is CCOc1cccc(N2C(=O)C(=O)/C(=C(/O)c3cc(Cl)c(OC)c(Cl)c3)C2c2ccc(O)c(OCC)c2)c1. The summed E-state index contributed by atoms with van der Waals surface area (Å²) in [6.45, 7) is 4.26. The molecule has 3 aromatic rings. The molecule has 0 aliphatic carbocycles. The molecule has 10 heteroatoms. The molecule has 1 aliphatic rings. The molecule has 1 aliphatic heterocycles. The van der Waals surface area contributed by atoms with Crippen LogP contribution < -0.4 is 19.1 Å². The van der Waals surface area contributed by atoms with E-state index in [1.54, 1.807) is 37.3 Å². The fourth-order valence-corrected chi connectivity index (χ4v) is 4.96. The zero-order chi connectivity index (χ0) is 27.6. The third-order valence-corrected chi connectivity index (χ3v) is 6.49. The molecule has 1 fully saturated rings.